The minimum Gasteiger partial charge on any atom is -0.370 e. The minimum absolute atomic E-state index is 0.0567. The zero-order valence-electron chi connectivity index (χ0n) is 7.63. The minimum atomic E-state index is -0.935. The molecule has 0 atom stereocenters. The van der Waals surface area contributed by atoms with Crippen molar-refractivity contribution < 1.29 is 14.4 Å². The molecule has 1 fully saturated rings. The highest BCUT2D eigenvalue weighted by Gasteiger charge is 2.44. The maximum Gasteiger partial charge on any atom is 0.217 e. The number of hydrogen-bond donors (Lipinski definition) is 1. The first kappa shape index (κ1) is 9.89. The number of Topliss-reactive ketones (excluding diaryl/α,β-unsaturated/α-hetero) is 2. The van der Waals surface area contributed by atoms with E-state index in [2.05, 4.69) is 0 Å². The fourth-order valence-corrected chi connectivity index (χ4v) is 1.59. The molecule has 0 heterocycles. The van der Waals surface area contributed by atoms with Gasteiger partial charge >= 0.3 is 0 Å². The fraction of sp³-hybridized carbons (Fsp3) is 0.667. The van der Waals surface area contributed by atoms with Gasteiger partial charge in [-0.2, -0.15) is 0 Å². The molecule has 0 radical (unpaired) electrons. The second-order valence-corrected chi connectivity index (χ2v) is 3.64. The predicted octanol–water partition coefficient (Wildman–Crippen LogP) is 0.190. The Labute approximate surface area is 76.5 Å². The van der Waals surface area contributed by atoms with Gasteiger partial charge in [0.05, 0.1) is 5.41 Å². The molecule has 13 heavy (non-hydrogen) atoms. The van der Waals surface area contributed by atoms with Gasteiger partial charge in [-0.25, -0.2) is 0 Å². The Bertz CT molecular complexity index is 254. The van der Waals surface area contributed by atoms with Gasteiger partial charge in [0.1, 0.15) is 11.6 Å². The number of nitrogens with two attached hydrogens (primary N) is 1. The maximum atomic E-state index is 11.3. The van der Waals surface area contributed by atoms with Crippen molar-refractivity contribution in [3.8, 4) is 0 Å². The van der Waals surface area contributed by atoms with Gasteiger partial charge in [0.15, 0.2) is 0 Å². The van der Waals surface area contributed by atoms with Gasteiger partial charge in [-0.05, 0) is 13.3 Å². The van der Waals surface area contributed by atoms with Crippen LogP contribution in [0.5, 0.6) is 0 Å². The van der Waals surface area contributed by atoms with Gasteiger partial charge in [0.25, 0.3) is 0 Å². The first-order valence-electron chi connectivity index (χ1n) is 4.32. The largest absolute Gasteiger partial charge is 0.370 e. The lowest BCUT2D eigenvalue weighted by molar-refractivity contribution is -0.134. The summed E-state index contributed by atoms with van der Waals surface area (Å²) < 4.78 is 0. The van der Waals surface area contributed by atoms with Crippen molar-refractivity contribution in [2.75, 3.05) is 0 Å². The SMILES string of the molecule is CC1(CCC(N)=O)C(=O)CCC1=O. The Morgan fingerprint density at radius 3 is 2.23 bits per heavy atom. The van der Waals surface area contributed by atoms with E-state index in [0.29, 0.717) is 12.8 Å². The normalized spacial score (nSPS) is 20.7. The summed E-state index contributed by atoms with van der Waals surface area (Å²) in [6.07, 6.45) is 0.996. The van der Waals surface area contributed by atoms with Gasteiger partial charge in [-0.15, -0.1) is 0 Å². The Kier molecular flexibility index (Phi) is 2.50. The first-order valence-corrected chi connectivity index (χ1v) is 4.32. The summed E-state index contributed by atoms with van der Waals surface area (Å²) in [5.74, 6) is -0.578. The van der Waals surface area contributed by atoms with Gasteiger partial charge in [-0.3, -0.25) is 14.4 Å². The summed E-state index contributed by atoms with van der Waals surface area (Å²) in [4.78, 5) is 33.2. The topological polar surface area (TPSA) is 77.2 Å². The molecule has 0 unspecified atom stereocenters. The fourth-order valence-electron chi connectivity index (χ4n) is 1.59. The van der Waals surface area contributed by atoms with Crippen molar-refractivity contribution in [3.63, 3.8) is 0 Å². The lowest BCUT2D eigenvalue weighted by Gasteiger charge is -2.18. The number of primary amides is 1. The standard InChI is InChI=1S/C9H13NO3/c1-9(5-4-8(10)13)6(11)2-3-7(9)12/h2-5H2,1H3,(H2,10,13). The summed E-state index contributed by atoms with van der Waals surface area (Å²) in [7, 11) is 0. The zero-order valence-corrected chi connectivity index (χ0v) is 7.63. The number of carbonyl (C=O) groups excluding carboxylic acids is 3. The molecule has 0 aromatic rings. The molecule has 0 spiro atoms. The predicted molar refractivity (Wildman–Crippen MR) is 45.8 cm³/mol. The summed E-state index contributed by atoms with van der Waals surface area (Å²) in [6, 6.07) is 0. The Hall–Kier alpha value is -1.19. The second-order valence-electron chi connectivity index (χ2n) is 3.64. The van der Waals surface area contributed by atoms with Crippen LogP contribution in [0.15, 0.2) is 0 Å². The Morgan fingerprint density at radius 1 is 1.38 bits per heavy atom. The van der Waals surface area contributed by atoms with E-state index in [1.807, 2.05) is 0 Å². The summed E-state index contributed by atoms with van der Waals surface area (Å²) >= 11 is 0. The molecule has 1 aliphatic carbocycles. The molecule has 1 saturated carbocycles. The van der Waals surface area contributed by atoms with Gasteiger partial charge in [0, 0.05) is 19.3 Å². The molecular weight excluding hydrogens is 170 g/mol. The van der Waals surface area contributed by atoms with Crippen molar-refractivity contribution in [1.82, 2.24) is 0 Å². The molecule has 4 nitrogen and oxygen atoms in total. The summed E-state index contributed by atoms with van der Waals surface area (Å²) in [5.41, 5.74) is 4.02. The van der Waals surface area contributed by atoms with E-state index in [9.17, 15) is 14.4 Å². The van der Waals surface area contributed by atoms with Gasteiger partial charge in [0.2, 0.25) is 5.91 Å². The molecular formula is C9H13NO3. The van der Waals surface area contributed by atoms with Crippen LogP contribution in [-0.4, -0.2) is 17.5 Å². The van der Waals surface area contributed by atoms with Crippen LogP contribution >= 0.6 is 0 Å². The van der Waals surface area contributed by atoms with Gasteiger partial charge in [-0.1, -0.05) is 0 Å². The first-order chi connectivity index (χ1) is 5.97. The van der Waals surface area contributed by atoms with E-state index in [0.717, 1.165) is 0 Å². The molecule has 0 bridgehead atoms. The van der Waals surface area contributed by atoms with E-state index in [1.165, 1.54) is 0 Å². The third-order valence-electron chi connectivity index (χ3n) is 2.68. The average molecular weight is 183 g/mol. The highest BCUT2D eigenvalue weighted by atomic mass is 16.2. The molecule has 2 N–H and O–H groups in total. The van der Waals surface area contributed by atoms with E-state index in [4.69, 9.17) is 5.73 Å². The molecule has 0 aromatic carbocycles. The number of hydrogen-bond acceptors (Lipinski definition) is 3. The number of rotatable bonds is 3. The molecule has 72 valence electrons. The van der Waals surface area contributed by atoms with E-state index in [-0.39, 0.29) is 24.4 Å². The highest BCUT2D eigenvalue weighted by molar-refractivity contribution is 6.12. The molecule has 0 saturated heterocycles. The molecule has 1 amide bonds. The number of amides is 1. The van der Waals surface area contributed by atoms with Crippen LogP contribution in [0.1, 0.15) is 32.6 Å². The van der Waals surface area contributed by atoms with E-state index in [1.54, 1.807) is 6.92 Å². The molecule has 4 heteroatoms. The van der Waals surface area contributed by atoms with Crippen LogP contribution < -0.4 is 5.73 Å². The quantitative estimate of drug-likeness (QED) is 0.634. The van der Waals surface area contributed by atoms with Crippen LogP contribution in [0, 0.1) is 5.41 Å². The third-order valence-corrected chi connectivity index (χ3v) is 2.68. The van der Waals surface area contributed by atoms with Crippen molar-refractivity contribution in [1.29, 1.82) is 0 Å². The monoisotopic (exact) mass is 183 g/mol. The smallest absolute Gasteiger partial charge is 0.217 e. The zero-order chi connectivity index (χ0) is 10.1. The molecule has 1 aliphatic rings. The van der Waals surface area contributed by atoms with Crippen LogP contribution in [-0.2, 0) is 14.4 Å². The van der Waals surface area contributed by atoms with E-state index < -0.39 is 11.3 Å². The third kappa shape index (κ3) is 1.76. The van der Waals surface area contributed by atoms with Crippen molar-refractivity contribution in [2.45, 2.75) is 32.6 Å². The lowest BCUT2D eigenvalue weighted by Crippen LogP contribution is -2.30. The highest BCUT2D eigenvalue weighted by Crippen LogP contribution is 2.35. The summed E-state index contributed by atoms with van der Waals surface area (Å²) in [5, 5.41) is 0. The second kappa shape index (κ2) is 3.28. The van der Waals surface area contributed by atoms with Crippen LogP contribution in [0.4, 0.5) is 0 Å². The van der Waals surface area contributed by atoms with E-state index >= 15 is 0 Å². The van der Waals surface area contributed by atoms with Crippen molar-refractivity contribution >= 4 is 17.5 Å². The molecule has 0 aromatic heterocycles. The molecule has 1 rings (SSSR count). The van der Waals surface area contributed by atoms with Crippen LogP contribution in [0.3, 0.4) is 0 Å². The number of ketones is 2. The molecule has 0 aliphatic heterocycles. The van der Waals surface area contributed by atoms with Crippen molar-refractivity contribution in [3.05, 3.63) is 0 Å². The lowest BCUT2D eigenvalue weighted by atomic mass is 9.82. The Morgan fingerprint density at radius 2 is 1.85 bits per heavy atom. The average Bonchev–Trinajstić information content (AvgIpc) is 2.31. The van der Waals surface area contributed by atoms with Crippen molar-refractivity contribution in [2.24, 2.45) is 11.1 Å². The van der Waals surface area contributed by atoms with Crippen LogP contribution in [0.25, 0.3) is 0 Å². The van der Waals surface area contributed by atoms with Gasteiger partial charge < -0.3 is 5.73 Å². The summed E-state index contributed by atoms with van der Waals surface area (Å²) in [6.45, 7) is 1.60. The number of carbonyl (C=O) groups is 3. The Balaban J connectivity index is 2.68. The maximum absolute atomic E-state index is 11.3. The van der Waals surface area contributed by atoms with Crippen LogP contribution in [0.2, 0.25) is 0 Å².